The van der Waals surface area contributed by atoms with Crippen molar-refractivity contribution >= 4 is 22.6 Å². The highest BCUT2D eigenvalue weighted by Gasteiger charge is 2.27. The Kier molecular flexibility index (Phi) is 3.85. The zero-order valence-electron chi connectivity index (χ0n) is 13.4. The van der Waals surface area contributed by atoms with E-state index in [9.17, 15) is 9.90 Å². The normalized spacial score (nSPS) is 15.7. The molecule has 0 unspecified atom stereocenters. The lowest BCUT2D eigenvalue weighted by Crippen LogP contribution is -2.22. The SMILES string of the molecule is O=C1NCC/C(=N\OCc2ccccc2)c2c1oc1ccc(O)cc21. The van der Waals surface area contributed by atoms with Gasteiger partial charge in [0.15, 0.2) is 0 Å². The van der Waals surface area contributed by atoms with Crippen LogP contribution in [-0.4, -0.2) is 23.3 Å². The minimum absolute atomic E-state index is 0.102. The van der Waals surface area contributed by atoms with Crippen LogP contribution >= 0.6 is 0 Å². The highest BCUT2D eigenvalue weighted by molar-refractivity contribution is 6.18. The van der Waals surface area contributed by atoms with E-state index in [1.54, 1.807) is 12.1 Å². The van der Waals surface area contributed by atoms with Crippen molar-refractivity contribution in [2.45, 2.75) is 13.0 Å². The fourth-order valence-electron chi connectivity index (χ4n) is 2.88. The molecular weight excluding hydrogens is 320 g/mol. The first kappa shape index (κ1) is 15.3. The second-order valence-corrected chi connectivity index (χ2v) is 5.79. The Bertz CT molecular complexity index is 960. The maximum Gasteiger partial charge on any atom is 0.287 e. The van der Waals surface area contributed by atoms with Crippen molar-refractivity contribution in [3.63, 3.8) is 0 Å². The standard InChI is InChI=1S/C19H16N2O4/c22-13-6-7-16-14(10-13)17-15(8-9-20-19(23)18(17)25-16)21-24-11-12-4-2-1-3-5-12/h1-7,10,22H,8-9,11H2,(H,20,23)/b21-15+. The number of hydrogen-bond donors (Lipinski definition) is 2. The van der Waals surface area contributed by atoms with E-state index in [-0.39, 0.29) is 17.4 Å². The first-order chi connectivity index (χ1) is 12.2. The number of carbonyl (C=O) groups is 1. The molecule has 0 radical (unpaired) electrons. The molecule has 126 valence electrons. The molecule has 0 fully saturated rings. The Morgan fingerprint density at radius 3 is 2.88 bits per heavy atom. The van der Waals surface area contributed by atoms with Gasteiger partial charge in [-0.3, -0.25) is 4.79 Å². The van der Waals surface area contributed by atoms with Gasteiger partial charge in [-0.15, -0.1) is 0 Å². The fraction of sp³-hybridized carbons (Fsp3) is 0.158. The van der Waals surface area contributed by atoms with Crippen LogP contribution in [0.3, 0.4) is 0 Å². The molecule has 0 saturated carbocycles. The van der Waals surface area contributed by atoms with Gasteiger partial charge >= 0.3 is 0 Å². The highest BCUT2D eigenvalue weighted by atomic mass is 16.6. The van der Waals surface area contributed by atoms with Gasteiger partial charge in [0.1, 0.15) is 17.9 Å². The molecule has 6 heteroatoms. The van der Waals surface area contributed by atoms with Gasteiger partial charge in [-0.2, -0.15) is 0 Å². The van der Waals surface area contributed by atoms with Crippen LogP contribution in [0.4, 0.5) is 0 Å². The number of rotatable bonds is 3. The lowest BCUT2D eigenvalue weighted by molar-refractivity contribution is 0.0931. The minimum Gasteiger partial charge on any atom is -0.508 e. The maximum atomic E-state index is 12.2. The number of benzene rings is 2. The number of phenolic OH excluding ortho intramolecular Hbond substituents is 1. The predicted molar refractivity (Wildman–Crippen MR) is 92.6 cm³/mol. The molecule has 1 aliphatic heterocycles. The highest BCUT2D eigenvalue weighted by Crippen LogP contribution is 2.31. The molecule has 1 aliphatic rings. The summed E-state index contributed by atoms with van der Waals surface area (Å²) >= 11 is 0. The van der Waals surface area contributed by atoms with Crippen LogP contribution < -0.4 is 5.32 Å². The smallest absolute Gasteiger partial charge is 0.287 e. The van der Waals surface area contributed by atoms with Crippen LogP contribution in [0.5, 0.6) is 5.75 Å². The Balaban J connectivity index is 1.72. The van der Waals surface area contributed by atoms with Crippen molar-refractivity contribution < 1.29 is 19.2 Å². The number of hydrogen-bond acceptors (Lipinski definition) is 5. The molecule has 2 N–H and O–H groups in total. The number of fused-ring (bicyclic) bond motifs is 3. The number of aromatic hydroxyl groups is 1. The Hall–Kier alpha value is -3.28. The average molecular weight is 336 g/mol. The van der Waals surface area contributed by atoms with E-state index in [4.69, 9.17) is 9.25 Å². The van der Waals surface area contributed by atoms with E-state index in [1.807, 2.05) is 30.3 Å². The molecular formula is C19H16N2O4. The lowest BCUT2D eigenvalue weighted by Gasteiger charge is -2.04. The zero-order chi connectivity index (χ0) is 17.2. The molecule has 0 spiro atoms. The summed E-state index contributed by atoms with van der Waals surface area (Å²) < 4.78 is 5.67. The van der Waals surface area contributed by atoms with Crippen LogP contribution in [-0.2, 0) is 11.4 Å². The van der Waals surface area contributed by atoms with Gasteiger partial charge in [0.2, 0.25) is 5.76 Å². The summed E-state index contributed by atoms with van der Waals surface area (Å²) in [6, 6.07) is 14.4. The van der Waals surface area contributed by atoms with Gasteiger partial charge in [0.25, 0.3) is 5.91 Å². The second kappa shape index (κ2) is 6.32. The van der Waals surface area contributed by atoms with Gasteiger partial charge in [-0.05, 0) is 23.8 Å². The zero-order valence-corrected chi connectivity index (χ0v) is 13.4. The number of amides is 1. The van der Waals surface area contributed by atoms with E-state index < -0.39 is 0 Å². The predicted octanol–water partition coefficient (Wildman–Crippen LogP) is 3.19. The van der Waals surface area contributed by atoms with Gasteiger partial charge in [0.05, 0.1) is 11.3 Å². The van der Waals surface area contributed by atoms with Crippen LogP contribution in [0.2, 0.25) is 0 Å². The lowest BCUT2D eigenvalue weighted by atomic mass is 10.0. The first-order valence-electron chi connectivity index (χ1n) is 7.99. The van der Waals surface area contributed by atoms with Gasteiger partial charge in [0, 0.05) is 18.4 Å². The summed E-state index contributed by atoms with van der Waals surface area (Å²) in [6.45, 7) is 0.777. The van der Waals surface area contributed by atoms with E-state index >= 15 is 0 Å². The van der Waals surface area contributed by atoms with Crippen molar-refractivity contribution in [1.82, 2.24) is 5.32 Å². The second-order valence-electron chi connectivity index (χ2n) is 5.79. The Morgan fingerprint density at radius 1 is 1.20 bits per heavy atom. The third-order valence-electron chi connectivity index (χ3n) is 4.06. The molecule has 0 bridgehead atoms. The topological polar surface area (TPSA) is 84.1 Å². The molecule has 0 aliphatic carbocycles. The molecule has 4 rings (SSSR count). The average Bonchev–Trinajstić information content (AvgIpc) is 2.92. The van der Waals surface area contributed by atoms with Gasteiger partial charge in [-0.25, -0.2) is 0 Å². The van der Waals surface area contributed by atoms with Crippen LogP contribution in [0.15, 0.2) is 58.1 Å². The molecule has 6 nitrogen and oxygen atoms in total. The summed E-state index contributed by atoms with van der Waals surface area (Å²) in [5, 5.41) is 17.5. The molecule has 25 heavy (non-hydrogen) atoms. The third-order valence-corrected chi connectivity index (χ3v) is 4.06. The number of carbonyl (C=O) groups excluding carboxylic acids is 1. The minimum atomic E-state index is -0.293. The molecule has 1 amide bonds. The van der Waals surface area contributed by atoms with Gasteiger partial charge < -0.3 is 19.7 Å². The Morgan fingerprint density at radius 2 is 2.04 bits per heavy atom. The van der Waals surface area contributed by atoms with E-state index in [0.29, 0.717) is 41.8 Å². The molecule has 1 aromatic heterocycles. The molecule has 2 heterocycles. The van der Waals surface area contributed by atoms with E-state index in [2.05, 4.69) is 10.5 Å². The van der Waals surface area contributed by atoms with Crippen LogP contribution in [0.25, 0.3) is 11.0 Å². The quantitative estimate of drug-likeness (QED) is 0.720. The van der Waals surface area contributed by atoms with Crippen molar-refractivity contribution in [2.75, 3.05) is 6.54 Å². The van der Waals surface area contributed by atoms with Crippen LogP contribution in [0, 0.1) is 0 Å². The summed E-state index contributed by atoms with van der Waals surface area (Å²) in [6.07, 6.45) is 0.512. The number of furan rings is 1. The van der Waals surface area contributed by atoms with Crippen LogP contribution in [0.1, 0.15) is 28.1 Å². The van der Waals surface area contributed by atoms with E-state index in [0.717, 1.165) is 5.56 Å². The summed E-state index contributed by atoms with van der Waals surface area (Å²) in [5.74, 6) is 0.00409. The summed E-state index contributed by atoms with van der Waals surface area (Å²) in [7, 11) is 0. The first-order valence-corrected chi connectivity index (χ1v) is 7.99. The van der Waals surface area contributed by atoms with Crippen molar-refractivity contribution in [2.24, 2.45) is 5.16 Å². The number of nitrogens with one attached hydrogen (secondary N) is 1. The molecule has 0 atom stereocenters. The molecule has 3 aromatic rings. The van der Waals surface area contributed by atoms with Crippen molar-refractivity contribution in [3.05, 3.63) is 65.4 Å². The third kappa shape index (κ3) is 2.94. The van der Waals surface area contributed by atoms with E-state index in [1.165, 1.54) is 6.07 Å². The largest absolute Gasteiger partial charge is 0.508 e. The van der Waals surface area contributed by atoms with Gasteiger partial charge in [-0.1, -0.05) is 35.5 Å². The number of nitrogens with zero attached hydrogens (tertiary/aromatic N) is 1. The number of oxime groups is 1. The monoisotopic (exact) mass is 336 g/mol. The molecule has 0 saturated heterocycles. The number of phenols is 1. The summed E-state index contributed by atoms with van der Waals surface area (Å²) in [5.41, 5.74) is 2.72. The summed E-state index contributed by atoms with van der Waals surface area (Å²) in [4.78, 5) is 17.7. The van der Waals surface area contributed by atoms with Crippen molar-refractivity contribution in [1.29, 1.82) is 0 Å². The van der Waals surface area contributed by atoms with Crippen molar-refractivity contribution in [3.8, 4) is 5.75 Å². The fourth-order valence-corrected chi connectivity index (χ4v) is 2.88. The molecule has 2 aromatic carbocycles. The Labute approximate surface area is 143 Å². The maximum absolute atomic E-state index is 12.2.